The van der Waals surface area contributed by atoms with E-state index in [-0.39, 0.29) is 13.0 Å². The van der Waals surface area contributed by atoms with Gasteiger partial charge in [-0.1, -0.05) is 155 Å². The number of esters is 1. The van der Waals surface area contributed by atoms with Crippen molar-refractivity contribution in [3.63, 3.8) is 0 Å². The molecule has 10 nitrogen and oxygen atoms in total. The van der Waals surface area contributed by atoms with Crippen LogP contribution in [-0.2, 0) is 32.7 Å². The second kappa shape index (κ2) is 34.0. The number of carbonyl (C=O) groups excluding carboxylic acids is 1. The third-order valence-electron chi connectivity index (χ3n) is 8.39. The molecular formula is C37H72NO9P. The molecule has 0 amide bonds. The van der Waals surface area contributed by atoms with Crippen LogP contribution >= 0.6 is 7.82 Å². The number of hydrogen-bond donors (Lipinski definition) is 3. The summed E-state index contributed by atoms with van der Waals surface area (Å²) in [5.41, 5.74) is 5.33. The van der Waals surface area contributed by atoms with Crippen LogP contribution in [0.3, 0.4) is 0 Å². The van der Waals surface area contributed by atoms with E-state index in [9.17, 15) is 19.0 Å². The number of carbonyl (C=O) groups is 2. The maximum absolute atomic E-state index is 12.5. The first-order chi connectivity index (χ1) is 23.2. The Hall–Kier alpha value is -1.45. The number of carboxylic acid groups (broad SMARTS) is 1. The minimum Gasteiger partial charge on any atom is -0.498 e. The number of nitrogens with two attached hydrogens (primary N) is 1. The van der Waals surface area contributed by atoms with Crippen LogP contribution in [0.2, 0.25) is 0 Å². The second-order valence-corrected chi connectivity index (χ2v) is 14.6. The van der Waals surface area contributed by atoms with E-state index in [0.29, 0.717) is 6.42 Å². The van der Waals surface area contributed by atoms with Crippen molar-refractivity contribution in [2.75, 3.05) is 19.8 Å². The van der Waals surface area contributed by atoms with Gasteiger partial charge in [-0.15, -0.1) is 0 Å². The van der Waals surface area contributed by atoms with Crippen molar-refractivity contribution in [3.8, 4) is 0 Å². The van der Waals surface area contributed by atoms with Crippen LogP contribution in [-0.4, -0.2) is 53.9 Å². The molecule has 48 heavy (non-hydrogen) atoms. The largest absolute Gasteiger partial charge is 0.498 e. The van der Waals surface area contributed by atoms with Gasteiger partial charge in [-0.2, -0.15) is 0 Å². The van der Waals surface area contributed by atoms with Gasteiger partial charge in [0.2, 0.25) is 0 Å². The van der Waals surface area contributed by atoms with Crippen LogP contribution < -0.4 is 5.73 Å². The number of phosphoric acid groups is 1. The molecule has 0 rings (SSSR count). The molecule has 0 heterocycles. The summed E-state index contributed by atoms with van der Waals surface area (Å²) in [6.45, 7) is 3.27. The third kappa shape index (κ3) is 33.1. The molecule has 11 heteroatoms. The summed E-state index contributed by atoms with van der Waals surface area (Å²) in [6, 6.07) is -1.48. The highest BCUT2D eigenvalue weighted by molar-refractivity contribution is 7.47. The molecule has 4 N–H and O–H groups in total. The maximum atomic E-state index is 12.5. The van der Waals surface area contributed by atoms with Crippen LogP contribution in [0.4, 0.5) is 0 Å². The summed E-state index contributed by atoms with van der Waals surface area (Å²) in [5.74, 6) is -1.80. The minimum atomic E-state index is -4.62. The van der Waals surface area contributed by atoms with E-state index in [2.05, 4.69) is 18.4 Å². The Labute approximate surface area is 292 Å². The highest BCUT2D eigenvalue weighted by Crippen LogP contribution is 2.43. The first kappa shape index (κ1) is 46.5. The Morgan fingerprint density at radius 1 is 0.646 bits per heavy atom. The average molecular weight is 706 g/mol. The van der Waals surface area contributed by atoms with Crippen molar-refractivity contribution in [3.05, 3.63) is 12.3 Å². The molecule has 0 fully saturated rings. The Bertz CT molecular complexity index is 827. The SMILES string of the molecule is CCCCCCCCCCCCCC/C=C\OC[C@H](COP(=O)(O)OC[C@H](N)C(=O)O)OC(=O)CCCCCCCCCCCCCC. The fraction of sp³-hybridized carbons (Fsp3) is 0.892. The molecule has 0 spiro atoms. The van der Waals surface area contributed by atoms with Crippen molar-refractivity contribution in [1.82, 2.24) is 0 Å². The molecule has 0 aromatic carbocycles. The molecule has 1 unspecified atom stereocenters. The van der Waals surface area contributed by atoms with E-state index in [0.717, 1.165) is 32.1 Å². The predicted molar refractivity (Wildman–Crippen MR) is 194 cm³/mol. The third-order valence-corrected chi connectivity index (χ3v) is 9.34. The fourth-order valence-electron chi connectivity index (χ4n) is 5.33. The summed E-state index contributed by atoms with van der Waals surface area (Å²) < 4.78 is 32.9. The molecule has 0 saturated carbocycles. The molecule has 0 aliphatic heterocycles. The van der Waals surface area contributed by atoms with Gasteiger partial charge in [0.05, 0.1) is 19.5 Å². The highest BCUT2D eigenvalue weighted by Gasteiger charge is 2.27. The van der Waals surface area contributed by atoms with Gasteiger partial charge in [0, 0.05) is 6.42 Å². The first-order valence-corrected chi connectivity index (χ1v) is 20.8. The Morgan fingerprint density at radius 2 is 1.06 bits per heavy atom. The summed E-state index contributed by atoms with van der Waals surface area (Å²) in [7, 11) is -4.62. The molecule has 3 atom stereocenters. The summed E-state index contributed by atoms with van der Waals surface area (Å²) in [4.78, 5) is 33.3. The van der Waals surface area contributed by atoms with E-state index in [1.54, 1.807) is 6.26 Å². The quantitative estimate of drug-likeness (QED) is 0.0246. The van der Waals surface area contributed by atoms with Gasteiger partial charge in [-0.3, -0.25) is 18.6 Å². The number of allylic oxidation sites excluding steroid dienone is 1. The van der Waals surface area contributed by atoms with Crippen LogP contribution in [0.5, 0.6) is 0 Å². The number of carboxylic acids is 1. The summed E-state index contributed by atoms with van der Waals surface area (Å²) in [6.07, 6.45) is 33.5. The van der Waals surface area contributed by atoms with Crippen molar-refractivity contribution >= 4 is 19.8 Å². The number of ether oxygens (including phenoxy) is 2. The topological polar surface area (TPSA) is 155 Å². The zero-order chi connectivity index (χ0) is 35.6. The average Bonchev–Trinajstić information content (AvgIpc) is 3.06. The lowest BCUT2D eigenvalue weighted by Gasteiger charge is -2.20. The smallest absolute Gasteiger partial charge is 0.472 e. The van der Waals surface area contributed by atoms with Gasteiger partial charge < -0.3 is 25.2 Å². The van der Waals surface area contributed by atoms with Crippen LogP contribution in [0.15, 0.2) is 12.3 Å². The van der Waals surface area contributed by atoms with E-state index >= 15 is 0 Å². The Kier molecular flexibility index (Phi) is 33.0. The predicted octanol–water partition coefficient (Wildman–Crippen LogP) is 10.2. The molecular weight excluding hydrogens is 633 g/mol. The van der Waals surface area contributed by atoms with Crippen molar-refractivity contribution in [2.24, 2.45) is 5.73 Å². The number of phosphoric ester groups is 1. The van der Waals surface area contributed by atoms with E-state index in [1.807, 2.05) is 6.08 Å². The van der Waals surface area contributed by atoms with Crippen molar-refractivity contribution in [2.45, 2.75) is 193 Å². The number of hydrogen-bond acceptors (Lipinski definition) is 8. The summed E-state index contributed by atoms with van der Waals surface area (Å²) >= 11 is 0. The number of unbranched alkanes of at least 4 members (excludes halogenated alkanes) is 23. The zero-order valence-corrected chi connectivity index (χ0v) is 31.5. The molecule has 0 saturated heterocycles. The lowest BCUT2D eigenvalue weighted by Crippen LogP contribution is -2.34. The summed E-state index contributed by atoms with van der Waals surface area (Å²) in [5, 5.41) is 8.85. The van der Waals surface area contributed by atoms with Gasteiger partial charge in [-0.25, -0.2) is 4.57 Å². The van der Waals surface area contributed by atoms with Crippen molar-refractivity contribution in [1.29, 1.82) is 0 Å². The van der Waals surface area contributed by atoms with E-state index in [1.165, 1.54) is 122 Å². The molecule has 0 aromatic rings. The highest BCUT2D eigenvalue weighted by atomic mass is 31.2. The fourth-order valence-corrected chi connectivity index (χ4v) is 6.11. The molecule has 0 radical (unpaired) electrons. The van der Waals surface area contributed by atoms with Gasteiger partial charge in [0.25, 0.3) is 0 Å². The molecule has 0 aromatic heterocycles. The second-order valence-electron chi connectivity index (χ2n) is 13.1. The monoisotopic (exact) mass is 705 g/mol. The van der Waals surface area contributed by atoms with Gasteiger partial charge in [0.1, 0.15) is 12.6 Å². The molecule has 0 aliphatic carbocycles. The lowest BCUT2D eigenvalue weighted by atomic mass is 10.0. The van der Waals surface area contributed by atoms with Gasteiger partial charge in [-0.05, 0) is 25.3 Å². The standard InChI is InChI=1S/C37H72NO9P/c1-3-5-7-9-11-13-15-17-18-20-22-24-26-28-30-44-31-34(32-45-48(42,43)46-33-35(38)37(40)41)47-36(39)29-27-25-23-21-19-16-14-12-10-8-6-4-2/h28,30,34-35H,3-27,29,31-33,38H2,1-2H3,(H,40,41)(H,42,43)/b30-28-/t34-,35+/m1/s1. The lowest BCUT2D eigenvalue weighted by molar-refractivity contribution is -0.153. The molecule has 0 aliphatic rings. The van der Waals surface area contributed by atoms with E-state index < -0.39 is 45.1 Å². The maximum Gasteiger partial charge on any atom is 0.472 e. The van der Waals surface area contributed by atoms with Crippen LogP contribution in [0.25, 0.3) is 0 Å². The normalized spacial score (nSPS) is 14.2. The number of rotatable bonds is 37. The van der Waals surface area contributed by atoms with Gasteiger partial charge >= 0.3 is 19.8 Å². The molecule has 0 bridgehead atoms. The van der Waals surface area contributed by atoms with Gasteiger partial charge in [0.15, 0.2) is 6.10 Å². The Morgan fingerprint density at radius 3 is 1.52 bits per heavy atom. The van der Waals surface area contributed by atoms with Crippen LogP contribution in [0.1, 0.15) is 181 Å². The number of aliphatic carboxylic acids is 1. The van der Waals surface area contributed by atoms with Crippen molar-refractivity contribution < 1.29 is 42.7 Å². The van der Waals surface area contributed by atoms with Crippen LogP contribution in [0, 0.1) is 0 Å². The zero-order valence-electron chi connectivity index (χ0n) is 30.6. The first-order valence-electron chi connectivity index (χ1n) is 19.3. The minimum absolute atomic E-state index is 0.0617. The van der Waals surface area contributed by atoms with E-state index in [4.69, 9.17) is 24.8 Å². The molecule has 284 valence electrons. The Balaban J connectivity index is 4.34.